The molecule has 0 spiro atoms. The van der Waals surface area contributed by atoms with E-state index in [0.29, 0.717) is 16.8 Å². The van der Waals surface area contributed by atoms with E-state index in [4.69, 9.17) is 22.6 Å². The summed E-state index contributed by atoms with van der Waals surface area (Å²) in [5.41, 5.74) is 18.6. The largest absolute Gasteiger partial charge is 0.396 e. The first kappa shape index (κ1) is 10.9. The molecule has 0 bridgehead atoms. The second-order valence-corrected chi connectivity index (χ2v) is 3.51. The average Bonchev–Trinajstić information content (AvgIpc) is 2.34. The summed E-state index contributed by atoms with van der Waals surface area (Å²) >= 11 is 0. The third-order valence-corrected chi connectivity index (χ3v) is 2.35. The molecule has 0 amide bonds. The maximum atomic E-state index is 8.03. The molecule has 7 N–H and O–H groups in total. The Morgan fingerprint density at radius 2 is 1.71 bits per heavy atom. The van der Waals surface area contributed by atoms with Crippen LogP contribution in [-0.4, -0.2) is 15.7 Å². The highest BCUT2D eigenvalue weighted by atomic mass is 14.9. The zero-order chi connectivity index (χ0) is 12.4. The van der Waals surface area contributed by atoms with Crippen LogP contribution in [0.5, 0.6) is 0 Å². The topological polar surface area (TPSA) is 128 Å². The van der Waals surface area contributed by atoms with E-state index in [1.807, 2.05) is 0 Å². The van der Waals surface area contributed by atoms with Gasteiger partial charge in [0.2, 0.25) is 0 Å². The smallest absolute Gasteiger partial charge is 0.149 e. The fourth-order valence-electron chi connectivity index (χ4n) is 1.43. The van der Waals surface area contributed by atoms with Gasteiger partial charge in [0, 0.05) is 23.5 Å². The van der Waals surface area contributed by atoms with Crippen LogP contribution in [0, 0.1) is 5.41 Å². The molecule has 6 heteroatoms. The van der Waals surface area contributed by atoms with Gasteiger partial charge >= 0.3 is 0 Å². The predicted octanol–water partition coefficient (Wildman–Crippen LogP) is 0.639. The van der Waals surface area contributed by atoms with Gasteiger partial charge in [0.15, 0.2) is 0 Å². The van der Waals surface area contributed by atoms with Gasteiger partial charge in [0.1, 0.15) is 11.6 Å². The van der Waals surface area contributed by atoms with E-state index in [1.54, 1.807) is 30.6 Å². The first-order chi connectivity index (χ1) is 8.09. The number of hydrogen-bond acceptors (Lipinski definition) is 6. The molecule has 0 aliphatic heterocycles. The number of nitrogens with one attached hydrogen (secondary N) is 1. The quantitative estimate of drug-likeness (QED) is 0.561. The molecule has 2 heterocycles. The number of nitrogens with two attached hydrogens (primary N) is 3. The molecule has 0 aliphatic rings. The number of nitrogen functional groups attached to an aromatic ring is 3. The van der Waals surface area contributed by atoms with Crippen molar-refractivity contribution in [3.05, 3.63) is 41.7 Å². The van der Waals surface area contributed by atoms with E-state index < -0.39 is 0 Å². The first-order valence-corrected chi connectivity index (χ1v) is 4.90. The lowest BCUT2D eigenvalue weighted by atomic mass is 10.0. The highest BCUT2D eigenvalue weighted by Crippen LogP contribution is 2.21. The number of aromatic nitrogens is 2. The maximum Gasteiger partial charge on any atom is 0.149 e. The Kier molecular flexibility index (Phi) is 2.61. The molecule has 17 heavy (non-hydrogen) atoms. The number of pyridine rings is 2. The van der Waals surface area contributed by atoms with Crippen molar-refractivity contribution in [1.29, 1.82) is 5.41 Å². The van der Waals surface area contributed by atoms with Crippen LogP contribution in [0.1, 0.15) is 11.1 Å². The molecular weight excluding hydrogens is 216 g/mol. The highest BCUT2D eigenvalue weighted by Gasteiger charge is 2.11. The number of rotatable bonds is 2. The third-order valence-electron chi connectivity index (χ3n) is 2.35. The summed E-state index contributed by atoms with van der Waals surface area (Å²) in [4.78, 5) is 7.78. The number of hydrogen-bond donors (Lipinski definition) is 4. The molecule has 6 nitrogen and oxygen atoms in total. The molecule has 0 saturated heterocycles. The Bertz CT molecular complexity index is 564. The lowest BCUT2D eigenvalue weighted by molar-refractivity contribution is 1.30. The maximum absolute atomic E-state index is 8.03. The standard InChI is InChI=1S/C11H12N6/c12-8-5-7(10(14)17-11(8)15)9(13)6-1-3-16-4-2-6/h1-5,13H,12H2,(H4,14,15,17). The van der Waals surface area contributed by atoms with Crippen LogP contribution >= 0.6 is 0 Å². The second-order valence-electron chi connectivity index (χ2n) is 3.51. The van der Waals surface area contributed by atoms with Gasteiger partial charge in [-0.3, -0.25) is 10.4 Å². The van der Waals surface area contributed by atoms with Crippen LogP contribution in [-0.2, 0) is 0 Å². The van der Waals surface area contributed by atoms with E-state index in [9.17, 15) is 0 Å². The van der Waals surface area contributed by atoms with Gasteiger partial charge in [-0.15, -0.1) is 0 Å². The fourth-order valence-corrected chi connectivity index (χ4v) is 1.43. The summed E-state index contributed by atoms with van der Waals surface area (Å²) in [6.07, 6.45) is 3.21. The monoisotopic (exact) mass is 228 g/mol. The Labute approximate surface area is 98.0 Å². The Balaban J connectivity index is 2.48. The molecule has 0 radical (unpaired) electrons. The number of anilines is 3. The van der Waals surface area contributed by atoms with Crippen molar-refractivity contribution >= 4 is 23.0 Å². The van der Waals surface area contributed by atoms with Crippen molar-refractivity contribution in [2.24, 2.45) is 0 Å². The predicted molar refractivity (Wildman–Crippen MR) is 67.6 cm³/mol. The summed E-state index contributed by atoms with van der Waals surface area (Å²) in [6, 6.07) is 4.99. The highest BCUT2D eigenvalue weighted by molar-refractivity contribution is 6.13. The minimum atomic E-state index is 0.175. The van der Waals surface area contributed by atoms with Crippen LogP contribution in [0.25, 0.3) is 0 Å². The Morgan fingerprint density at radius 1 is 1.06 bits per heavy atom. The molecular formula is C11H12N6. The molecule has 86 valence electrons. The molecule has 2 aromatic heterocycles. The third kappa shape index (κ3) is 2.00. The van der Waals surface area contributed by atoms with Crippen molar-refractivity contribution in [2.45, 2.75) is 0 Å². The van der Waals surface area contributed by atoms with Gasteiger partial charge in [-0.25, -0.2) is 4.98 Å². The summed E-state index contributed by atoms with van der Waals surface area (Å²) in [7, 11) is 0. The van der Waals surface area contributed by atoms with Gasteiger partial charge in [0.25, 0.3) is 0 Å². The fraction of sp³-hybridized carbons (Fsp3) is 0. The number of nitrogens with zero attached hydrogens (tertiary/aromatic N) is 2. The van der Waals surface area contributed by atoms with Crippen LogP contribution in [0.2, 0.25) is 0 Å². The Hall–Kier alpha value is -2.63. The molecule has 2 aromatic rings. The van der Waals surface area contributed by atoms with Gasteiger partial charge in [-0.05, 0) is 18.2 Å². The van der Waals surface area contributed by atoms with Crippen LogP contribution in [0.4, 0.5) is 17.3 Å². The molecule has 0 atom stereocenters. The average molecular weight is 228 g/mol. The van der Waals surface area contributed by atoms with Crippen molar-refractivity contribution in [3.8, 4) is 0 Å². The molecule has 0 aliphatic carbocycles. The van der Waals surface area contributed by atoms with Crippen LogP contribution in [0.3, 0.4) is 0 Å². The molecule has 0 aromatic carbocycles. The lowest BCUT2D eigenvalue weighted by Gasteiger charge is -2.09. The van der Waals surface area contributed by atoms with Gasteiger partial charge < -0.3 is 17.2 Å². The van der Waals surface area contributed by atoms with Gasteiger partial charge in [0.05, 0.1) is 11.4 Å². The van der Waals surface area contributed by atoms with Crippen molar-refractivity contribution in [1.82, 2.24) is 9.97 Å². The van der Waals surface area contributed by atoms with E-state index >= 15 is 0 Å². The molecule has 0 unspecified atom stereocenters. The SMILES string of the molecule is N=C(c1ccncc1)c1cc(N)c(N)nc1N. The summed E-state index contributed by atoms with van der Waals surface area (Å²) in [5.74, 6) is 0.368. The van der Waals surface area contributed by atoms with Gasteiger partial charge in [-0.2, -0.15) is 0 Å². The molecule has 0 saturated carbocycles. The lowest BCUT2D eigenvalue weighted by Crippen LogP contribution is -2.10. The summed E-state index contributed by atoms with van der Waals surface area (Å²) in [6.45, 7) is 0. The van der Waals surface area contributed by atoms with Crippen LogP contribution < -0.4 is 17.2 Å². The molecule has 2 rings (SSSR count). The minimum Gasteiger partial charge on any atom is -0.396 e. The van der Waals surface area contributed by atoms with Crippen molar-refractivity contribution in [3.63, 3.8) is 0 Å². The zero-order valence-electron chi connectivity index (χ0n) is 9.01. The minimum absolute atomic E-state index is 0.175. The van der Waals surface area contributed by atoms with E-state index in [1.165, 1.54) is 0 Å². The molecule has 0 fully saturated rings. The second kappa shape index (κ2) is 4.09. The van der Waals surface area contributed by atoms with E-state index in [2.05, 4.69) is 9.97 Å². The van der Waals surface area contributed by atoms with Crippen molar-refractivity contribution in [2.75, 3.05) is 17.2 Å². The van der Waals surface area contributed by atoms with E-state index in [0.717, 1.165) is 0 Å². The normalized spacial score (nSPS) is 10.1. The van der Waals surface area contributed by atoms with E-state index in [-0.39, 0.29) is 17.3 Å². The zero-order valence-corrected chi connectivity index (χ0v) is 9.01. The first-order valence-electron chi connectivity index (χ1n) is 4.90. The summed E-state index contributed by atoms with van der Waals surface area (Å²) in [5, 5.41) is 8.03. The summed E-state index contributed by atoms with van der Waals surface area (Å²) < 4.78 is 0. The van der Waals surface area contributed by atoms with Crippen molar-refractivity contribution < 1.29 is 0 Å². The Morgan fingerprint density at radius 3 is 2.35 bits per heavy atom. The van der Waals surface area contributed by atoms with Gasteiger partial charge in [-0.1, -0.05) is 0 Å². The van der Waals surface area contributed by atoms with Crippen LogP contribution in [0.15, 0.2) is 30.6 Å².